The first kappa shape index (κ1) is 88.1. The van der Waals surface area contributed by atoms with Crippen molar-refractivity contribution in [3.05, 3.63) is 0 Å². The van der Waals surface area contributed by atoms with Crippen LogP contribution in [0.4, 0.5) is 0 Å². The number of aliphatic hydroxyl groups excluding tert-OH is 1. The highest BCUT2D eigenvalue weighted by atomic mass is 31.2. The Morgan fingerprint density at radius 1 is 0.300 bits per heavy atom. The number of ether oxygens (including phenoxy) is 4. The van der Waals surface area contributed by atoms with Crippen molar-refractivity contribution in [3.8, 4) is 0 Å². The zero-order chi connectivity index (χ0) is 66.6. The molecule has 0 rings (SSSR count). The lowest BCUT2D eigenvalue weighted by molar-refractivity contribution is -0.161. The topological polar surface area (TPSA) is 237 Å². The van der Waals surface area contributed by atoms with Crippen LogP contribution in [0.25, 0.3) is 0 Å². The molecule has 3 N–H and O–H groups in total. The first-order valence-electron chi connectivity index (χ1n) is 36.8. The van der Waals surface area contributed by atoms with Gasteiger partial charge in [-0.3, -0.25) is 37.3 Å². The van der Waals surface area contributed by atoms with Crippen molar-refractivity contribution in [3.63, 3.8) is 0 Å². The van der Waals surface area contributed by atoms with E-state index in [1.807, 2.05) is 0 Å². The number of hydrogen-bond donors (Lipinski definition) is 3. The maximum absolute atomic E-state index is 13.0. The lowest BCUT2D eigenvalue weighted by atomic mass is 10.0. The molecular formula is C71H138O17P2. The van der Waals surface area contributed by atoms with Crippen molar-refractivity contribution in [1.29, 1.82) is 0 Å². The van der Waals surface area contributed by atoms with Gasteiger partial charge in [-0.25, -0.2) is 9.13 Å². The molecule has 534 valence electrons. The number of aliphatic hydroxyl groups is 1. The smallest absolute Gasteiger partial charge is 0.462 e. The SMILES string of the molecule is CCCCCCCCCC(=O)OC[C@H](COP(=O)(O)OC[C@H](O)COP(=O)(O)OC[C@@H](COC(=O)CCCCCCCCCCCCCCC(C)C)OC(=O)CCCCCCCCCCCCCCCCCC(C)C)OC(=O)CCCCCCCCCC(C)C. The van der Waals surface area contributed by atoms with Crippen LogP contribution < -0.4 is 0 Å². The first-order valence-corrected chi connectivity index (χ1v) is 39.8. The highest BCUT2D eigenvalue weighted by Crippen LogP contribution is 2.45. The summed E-state index contributed by atoms with van der Waals surface area (Å²) in [6, 6.07) is 0. The van der Waals surface area contributed by atoms with Crippen molar-refractivity contribution in [2.75, 3.05) is 39.6 Å². The number of unbranched alkanes of at least 4 members (excludes halogenated alkanes) is 37. The molecule has 90 heavy (non-hydrogen) atoms. The van der Waals surface area contributed by atoms with Crippen LogP contribution in [0, 0.1) is 17.8 Å². The lowest BCUT2D eigenvalue weighted by Gasteiger charge is -2.21. The highest BCUT2D eigenvalue weighted by Gasteiger charge is 2.30. The molecule has 0 aliphatic rings. The lowest BCUT2D eigenvalue weighted by Crippen LogP contribution is -2.30. The molecular weight excluding hydrogens is 1190 g/mol. The predicted molar refractivity (Wildman–Crippen MR) is 363 cm³/mol. The zero-order valence-electron chi connectivity index (χ0n) is 58.6. The molecule has 0 saturated carbocycles. The Bertz CT molecular complexity index is 1770. The molecule has 0 aromatic rings. The van der Waals surface area contributed by atoms with E-state index in [9.17, 15) is 43.2 Å². The van der Waals surface area contributed by atoms with Gasteiger partial charge in [-0.05, 0) is 43.4 Å². The third-order valence-electron chi connectivity index (χ3n) is 16.4. The van der Waals surface area contributed by atoms with Crippen LogP contribution in [0.5, 0.6) is 0 Å². The third kappa shape index (κ3) is 64.8. The van der Waals surface area contributed by atoms with Gasteiger partial charge in [-0.1, -0.05) is 305 Å². The fourth-order valence-electron chi connectivity index (χ4n) is 10.7. The molecule has 0 bridgehead atoms. The van der Waals surface area contributed by atoms with E-state index in [0.29, 0.717) is 31.6 Å². The van der Waals surface area contributed by atoms with E-state index in [1.165, 1.54) is 154 Å². The molecule has 0 aliphatic heterocycles. The first-order chi connectivity index (χ1) is 43.2. The minimum atomic E-state index is -4.95. The summed E-state index contributed by atoms with van der Waals surface area (Å²) in [5.74, 6) is 0.149. The Balaban J connectivity index is 5.19. The number of esters is 4. The Morgan fingerprint density at radius 3 is 0.756 bits per heavy atom. The maximum atomic E-state index is 13.0. The quantitative estimate of drug-likeness (QED) is 0.0222. The van der Waals surface area contributed by atoms with E-state index in [2.05, 4.69) is 48.5 Å². The zero-order valence-corrected chi connectivity index (χ0v) is 60.4. The van der Waals surface area contributed by atoms with Crippen LogP contribution in [-0.4, -0.2) is 96.7 Å². The Labute approximate surface area is 549 Å². The predicted octanol–water partition coefficient (Wildman–Crippen LogP) is 20.2. The molecule has 2 unspecified atom stereocenters. The van der Waals surface area contributed by atoms with E-state index in [4.69, 9.17) is 37.0 Å². The summed E-state index contributed by atoms with van der Waals surface area (Å²) in [6.45, 7) is 11.8. The summed E-state index contributed by atoms with van der Waals surface area (Å²) in [6.07, 6.45) is 46.1. The molecule has 0 saturated heterocycles. The Morgan fingerprint density at radius 2 is 0.511 bits per heavy atom. The average Bonchev–Trinajstić information content (AvgIpc) is 3.08. The van der Waals surface area contributed by atoms with Gasteiger partial charge in [0.1, 0.15) is 19.3 Å². The van der Waals surface area contributed by atoms with Crippen molar-refractivity contribution >= 4 is 39.5 Å². The molecule has 5 atom stereocenters. The van der Waals surface area contributed by atoms with Gasteiger partial charge in [0, 0.05) is 25.7 Å². The normalized spacial score (nSPS) is 14.2. The van der Waals surface area contributed by atoms with E-state index in [1.54, 1.807) is 0 Å². The summed E-state index contributed by atoms with van der Waals surface area (Å²) in [5, 5.41) is 10.6. The number of hydrogen-bond acceptors (Lipinski definition) is 15. The van der Waals surface area contributed by atoms with Gasteiger partial charge >= 0.3 is 39.5 Å². The van der Waals surface area contributed by atoms with Gasteiger partial charge in [-0.2, -0.15) is 0 Å². The number of phosphoric ester groups is 2. The molecule has 0 radical (unpaired) electrons. The summed E-state index contributed by atoms with van der Waals surface area (Å²) >= 11 is 0. The molecule has 0 aliphatic carbocycles. The summed E-state index contributed by atoms with van der Waals surface area (Å²) in [5.41, 5.74) is 0. The van der Waals surface area contributed by atoms with Crippen molar-refractivity contribution < 1.29 is 80.2 Å². The van der Waals surface area contributed by atoms with E-state index in [-0.39, 0.29) is 25.7 Å². The molecule has 0 fully saturated rings. The van der Waals surface area contributed by atoms with Crippen LogP contribution in [0.2, 0.25) is 0 Å². The molecule has 17 nitrogen and oxygen atoms in total. The molecule has 0 heterocycles. The third-order valence-corrected chi connectivity index (χ3v) is 18.3. The molecule has 0 spiro atoms. The van der Waals surface area contributed by atoms with Gasteiger partial charge in [-0.15, -0.1) is 0 Å². The number of carbonyl (C=O) groups is 4. The minimum absolute atomic E-state index is 0.103. The fraction of sp³-hybridized carbons (Fsp3) is 0.944. The maximum Gasteiger partial charge on any atom is 0.472 e. The Hall–Kier alpha value is -1.94. The van der Waals surface area contributed by atoms with Crippen LogP contribution in [0.3, 0.4) is 0 Å². The van der Waals surface area contributed by atoms with Crippen LogP contribution >= 0.6 is 15.6 Å². The van der Waals surface area contributed by atoms with E-state index < -0.39 is 97.5 Å². The largest absolute Gasteiger partial charge is 0.472 e. The van der Waals surface area contributed by atoms with Crippen molar-refractivity contribution in [2.45, 2.75) is 375 Å². The summed E-state index contributed by atoms with van der Waals surface area (Å²) in [7, 11) is -9.90. The van der Waals surface area contributed by atoms with Crippen LogP contribution in [0.1, 0.15) is 357 Å². The summed E-state index contributed by atoms with van der Waals surface area (Å²) < 4.78 is 68.2. The van der Waals surface area contributed by atoms with Crippen molar-refractivity contribution in [1.82, 2.24) is 0 Å². The monoisotopic (exact) mass is 1320 g/mol. The number of phosphoric acid groups is 2. The van der Waals surface area contributed by atoms with Crippen LogP contribution in [-0.2, 0) is 65.4 Å². The highest BCUT2D eigenvalue weighted by molar-refractivity contribution is 7.47. The van der Waals surface area contributed by atoms with E-state index in [0.717, 1.165) is 115 Å². The van der Waals surface area contributed by atoms with Gasteiger partial charge in [0.25, 0.3) is 0 Å². The number of carbonyl (C=O) groups excluding carboxylic acids is 4. The number of rotatable bonds is 69. The van der Waals surface area contributed by atoms with Crippen molar-refractivity contribution in [2.24, 2.45) is 17.8 Å². The fourth-order valence-corrected chi connectivity index (χ4v) is 12.3. The molecule has 19 heteroatoms. The van der Waals surface area contributed by atoms with Gasteiger partial charge in [0.15, 0.2) is 12.2 Å². The van der Waals surface area contributed by atoms with Crippen LogP contribution in [0.15, 0.2) is 0 Å². The molecule has 0 aromatic heterocycles. The second-order valence-corrected chi connectivity index (χ2v) is 30.0. The second kappa shape index (κ2) is 61.9. The van der Waals surface area contributed by atoms with Gasteiger partial charge in [0.05, 0.1) is 26.4 Å². The summed E-state index contributed by atoms with van der Waals surface area (Å²) in [4.78, 5) is 72.4. The van der Waals surface area contributed by atoms with E-state index >= 15 is 0 Å². The average molecular weight is 1330 g/mol. The standard InChI is InChI=1S/C71H138O17P2/c1-8-9-10-11-28-38-45-52-68(73)81-58-66(88-71(76)55-48-41-34-27-31-37-44-51-64(6)7)60-85-89(77,78)83-56-65(72)57-84-90(79,80)86-61-67(59-82-69(74)53-46-39-32-25-21-18-17-20-24-30-36-43-50-63(4)5)87-70(75)54-47-40-33-26-22-16-14-12-13-15-19-23-29-35-42-49-62(2)3/h62-67,72H,8-61H2,1-7H3,(H,77,78)(H,79,80)/t65-,66+,67+/m0/s1. The minimum Gasteiger partial charge on any atom is -0.462 e. The van der Waals surface area contributed by atoms with Gasteiger partial charge < -0.3 is 33.8 Å². The van der Waals surface area contributed by atoms with Gasteiger partial charge in [0.2, 0.25) is 0 Å². The molecule has 0 amide bonds. The second-order valence-electron chi connectivity index (χ2n) is 27.1. The Kier molecular flexibility index (Phi) is 60.6. The molecule has 0 aromatic carbocycles.